The summed E-state index contributed by atoms with van der Waals surface area (Å²) < 4.78 is 2.06. The van der Waals surface area contributed by atoms with Crippen LogP contribution in [0, 0.1) is 0 Å². The maximum Gasteiger partial charge on any atom is 0.222 e. The molecule has 1 saturated heterocycles. The number of nitrogens with zero attached hydrogens (tertiary/aromatic N) is 5. The molecule has 29 heavy (non-hydrogen) atoms. The van der Waals surface area contributed by atoms with Crippen molar-refractivity contribution in [2.45, 2.75) is 45.7 Å². The van der Waals surface area contributed by atoms with Gasteiger partial charge >= 0.3 is 0 Å². The third-order valence-corrected chi connectivity index (χ3v) is 5.56. The van der Waals surface area contributed by atoms with Crippen molar-refractivity contribution in [2.75, 3.05) is 26.2 Å². The van der Waals surface area contributed by atoms with Crippen LogP contribution in [0.25, 0.3) is 0 Å². The predicted molar refractivity (Wildman–Crippen MR) is 127 cm³/mol. The van der Waals surface area contributed by atoms with Crippen LogP contribution in [-0.2, 0) is 24.3 Å². The molecule has 0 saturated carbocycles. The average molecular weight is 531 g/mol. The Morgan fingerprint density at radius 2 is 2.17 bits per heavy atom. The van der Waals surface area contributed by atoms with Crippen molar-refractivity contribution >= 4 is 47.2 Å². The first-order valence-electron chi connectivity index (χ1n) is 9.95. The van der Waals surface area contributed by atoms with Gasteiger partial charge in [0.25, 0.3) is 0 Å². The van der Waals surface area contributed by atoms with Crippen LogP contribution in [0.1, 0.15) is 36.9 Å². The average Bonchev–Trinajstić information content (AvgIpc) is 3.45. The Morgan fingerprint density at radius 1 is 1.31 bits per heavy atom. The molecule has 0 radical (unpaired) electrons. The number of guanidine groups is 1. The molecule has 8 nitrogen and oxygen atoms in total. The molecule has 1 fully saturated rings. The minimum absolute atomic E-state index is 0. The fourth-order valence-electron chi connectivity index (χ4n) is 3.19. The lowest BCUT2D eigenvalue weighted by Gasteiger charge is -2.17. The number of likely N-dealkylation sites (tertiary alicyclic amines) is 1. The zero-order valence-corrected chi connectivity index (χ0v) is 20.0. The highest BCUT2D eigenvalue weighted by Crippen LogP contribution is 2.10. The highest BCUT2D eigenvalue weighted by Gasteiger charge is 2.18. The summed E-state index contributed by atoms with van der Waals surface area (Å²) in [4.78, 5) is 19.6. The number of carbonyl (C=O) groups excluding carboxylic acids is 1. The molecule has 1 aliphatic heterocycles. The molecule has 0 aliphatic carbocycles. The second kappa shape index (κ2) is 12.8. The summed E-state index contributed by atoms with van der Waals surface area (Å²) in [6.07, 6.45) is 5.24. The first-order valence-corrected chi connectivity index (χ1v) is 10.8. The van der Waals surface area contributed by atoms with Gasteiger partial charge in [0.15, 0.2) is 5.96 Å². The lowest BCUT2D eigenvalue weighted by Crippen LogP contribution is -2.40. The Bertz CT molecular complexity index is 762. The highest BCUT2D eigenvalue weighted by molar-refractivity contribution is 14.0. The summed E-state index contributed by atoms with van der Waals surface area (Å²) in [5.41, 5.74) is 0. The van der Waals surface area contributed by atoms with Gasteiger partial charge in [-0.1, -0.05) is 13.0 Å². The molecule has 2 aromatic heterocycles. The molecule has 0 bridgehead atoms. The number of aryl methyl sites for hydroxylation is 1. The fourth-order valence-corrected chi connectivity index (χ4v) is 3.81. The van der Waals surface area contributed by atoms with Gasteiger partial charge in [0.1, 0.15) is 12.2 Å². The van der Waals surface area contributed by atoms with Gasteiger partial charge in [-0.15, -0.1) is 45.5 Å². The van der Waals surface area contributed by atoms with Crippen molar-refractivity contribution in [2.24, 2.45) is 4.99 Å². The van der Waals surface area contributed by atoms with Crippen molar-refractivity contribution in [1.82, 2.24) is 30.3 Å². The van der Waals surface area contributed by atoms with Crippen LogP contribution in [0.3, 0.4) is 0 Å². The standard InChI is InChI=1S/C19H29N7OS.HI/c1-2-17-24-23-15-26(17)12-9-21-19(22-14-16-6-4-13-28-16)20-8-5-11-25-10-3-7-18(25)27;/h4,6,13,15H,2-3,5,7-12,14H2,1H3,(H2,20,21,22);1H. The van der Waals surface area contributed by atoms with Gasteiger partial charge < -0.3 is 20.1 Å². The van der Waals surface area contributed by atoms with Crippen LogP contribution in [0.15, 0.2) is 28.8 Å². The second-order valence-corrected chi connectivity index (χ2v) is 7.76. The Labute approximate surface area is 193 Å². The van der Waals surface area contributed by atoms with Crippen LogP contribution in [-0.4, -0.2) is 57.7 Å². The van der Waals surface area contributed by atoms with Crippen molar-refractivity contribution in [3.8, 4) is 0 Å². The van der Waals surface area contributed by atoms with E-state index in [4.69, 9.17) is 4.99 Å². The summed E-state index contributed by atoms with van der Waals surface area (Å²) in [7, 11) is 0. The molecule has 3 rings (SSSR count). The zero-order valence-electron chi connectivity index (χ0n) is 16.8. The Balaban J connectivity index is 0.00000300. The summed E-state index contributed by atoms with van der Waals surface area (Å²) >= 11 is 1.71. The van der Waals surface area contributed by atoms with Gasteiger partial charge in [-0.3, -0.25) is 4.79 Å². The molecule has 10 heteroatoms. The maximum atomic E-state index is 11.7. The summed E-state index contributed by atoms with van der Waals surface area (Å²) in [6, 6.07) is 4.14. The first kappa shape index (κ1) is 23.6. The number of amides is 1. The predicted octanol–water partition coefficient (Wildman–Crippen LogP) is 2.27. The van der Waals surface area contributed by atoms with E-state index in [1.807, 2.05) is 11.0 Å². The van der Waals surface area contributed by atoms with E-state index < -0.39 is 0 Å². The molecule has 1 amide bonds. The minimum Gasteiger partial charge on any atom is -0.356 e. The van der Waals surface area contributed by atoms with E-state index in [0.29, 0.717) is 13.0 Å². The smallest absolute Gasteiger partial charge is 0.222 e. The number of thiophene rings is 1. The molecule has 0 atom stereocenters. The first-order chi connectivity index (χ1) is 13.8. The lowest BCUT2D eigenvalue weighted by molar-refractivity contribution is -0.127. The van der Waals surface area contributed by atoms with E-state index in [0.717, 1.165) is 63.8 Å². The summed E-state index contributed by atoms with van der Waals surface area (Å²) in [5, 5.41) is 16.9. The van der Waals surface area contributed by atoms with Gasteiger partial charge in [-0.05, 0) is 24.3 Å². The second-order valence-electron chi connectivity index (χ2n) is 6.73. The number of hydrogen-bond acceptors (Lipinski definition) is 5. The van der Waals surface area contributed by atoms with Crippen LogP contribution < -0.4 is 10.6 Å². The number of halogens is 1. The lowest BCUT2D eigenvalue weighted by atomic mass is 10.4. The normalized spacial score (nSPS) is 14.2. The van der Waals surface area contributed by atoms with Gasteiger partial charge in [0, 0.05) is 50.4 Å². The van der Waals surface area contributed by atoms with E-state index in [1.54, 1.807) is 17.7 Å². The van der Waals surface area contributed by atoms with Gasteiger partial charge in [0.05, 0.1) is 6.54 Å². The molecule has 160 valence electrons. The Kier molecular flexibility index (Phi) is 10.4. The van der Waals surface area contributed by atoms with Crippen molar-refractivity contribution in [3.63, 3.8) is 0 Å². The largest absolute Gasteiger partial charge is 0.356 e. The molecule has 2 aromatic rings. The molecule has 2 N–H and O–H groups in total. The number of rotatable bonds is 10. The Morgan fingerprint density at radius 3 is 2.90 bits per heavy atom. The number of carbonyl (C=O) groups is 1. The molecule has 1 aliphatic rings. The van der Waals surface area contributed by atoms with E-state index in [9.17, 15) is 4.79 Å². The number of aliphatic imine (C=N–C) groups is 1. The van der Waals surface area contributed by atoms with Crippen LogP contribution in [0.5, 0.6) is 0 Å². The molecule has 0 unspecified atom stereocenters. The topological polar surface area (TPSA) is 87.4 Å². The van der Waals surface area contributed by atoms with Crippen LogP contribution in [0.2, 0.25) is 0 Å². The molecule has 3 heterocycles. The molecule has 0 aromatic carbocycles. The van der Waals surface area contributed by atoms with Gasteiger partial charge in [0.2, 0.25) is 5.91 Å². The number of aromatic nitrogens is 3. The summed E-state index contributed by atoms with van der Waals surface area (Å²) in [6.45, 7) is 6.76. The third kappa shape index (κ3) is 7.57. The maximum absolute atomic E-state index is 11.7. The van der Waals surface area contributed by atoms with Crippen LogP contribution in [0.4, 0.5) is 0 Å². The highest BCUT2D eigenvalue weighted by atomic mass is 127. The quantitative estimate of drug-likeness (QED) is 0.213. The van der Waals surface area contributed by atoms with E-state index >= 15 is 0 Å². The molecule has 0 spiro atoms. The van der Waals surface area contributed by atoms with Gasteiger partial charge in [-0.25, -0.2) is 4.99 Å². The Hall–Kier alpha value is -1.69. The molecular formula is C19H30IN7OS. The van der Waals surface area contributed by atoms with Crippen molar-refractivity contribution < 1.29 is 4.79 Å². The molecular weight excluding hydrogens is 501 g/mol. The number of hydrogen-bond donors (Lipinski definition) is 2. The zero-order chi connectivity index (χ0) is 19.6. The minimum atomic E-state index is 0. The third-order valence-electron chi connectivity index (χ3n) is 4.70. The fraction of sp³-hybridized carbons (Fsp3) is 0.579. The monoisotopic (exact) mass is 531 g/mol. The van der Waals surface area contributed by atoms with Gasteiger partial charge in [-0.2, -0.15) is 0 Å². The van der Waals surface area contributed by atoms with Crippen LogP contribution >= 0.6 is 35.3 Å². The SMILES string of the molecule is CCc1nncn1CCNC(=NCc1cccs1)NCCCN1CCCC1=O.I. The van der Waals surface area contributed by atoms with E-state index in [2.05, 4.69) is 43.8 Å². The van der Waals surface area contributed by atoms with Crippen molar-refractivity contribution in [3.05, 3.63) is 34.5 Å². The number of nitrogens with one attached hydrogen (secondary N) is 2. The van der Waals surface area contributed by atoms with Crippen molar-refractivity contribution in [1.29, 1.82) is 0 Å². The summed E-state index contributed by atoms with van der Waals surface area (Å²) in [5.74, 6) is 2.07. The van der Waals surface area contributed by atoms with E-state index in [-0.39, 0.29) is 29.9 Å². The van der Waals surface area contributed by atoms with E-state index in [1.165, 1.54) is 4.88 Å².